The van der Waals surface area contributed by atoms with E-state index in [0.717, 1.165) is 11.3 Å². The Balaban J connectivity index is 2.51. The molecule has 0 spiro atoms. The molecule has 0 unspecified atom stereocenters. The molecule has 1 aromatic heterocycles. The average Bonchev–Trinajstić information content (AvgIpc) is 2.78. The summed E-state index contributed by atoms with van der Waals surface area (Å²) in [7, 11) is -3.48. The Bertz CT molecular complexity index is 523. The standard InChI is InChI=1S/C10H18N4O3S2/c1-3-14(4-2)8(15)5-12-7-19(16,17)9-6-13-10(11)18-9/h6,12H,3-5,7H2,1-2H3,(H2,11,13). The fourth-order valence-electron chi connectivity index (χ4n) is 1.47. The van der Waals surface area contributed by atoms with Gasteiger partial charge in [-0.1, -0.05) is 11.3 Å². The van der Waals surface area contributed by atoms with Crippen molar-refractivity contribution in [3.05, 3.63) is 6.20 Å². The van der Waals surface area contributed by atoms with E-state index in [1.54, 1.807) is 4.90 Å². The maximum Gasteiger partial charge on any atom is 0.236 e. The molecule has 19 heavy (non-hydrogen) atoms. The number of amides is 1. The van der Waals surface area contributed by atoms with Crippen LogP contribution in [0.25, 0.3) is 0 Å². The minimum absolute atomic E-state index is 0.00477. The number of hydrogen-bond acceptors (Lipinski definition) is 7. The summed E-state index contributed by atoms with van der Waals surface area (Å²) in [6, 6.07) is 0. The third-order valence-corrected chi connectivity index (χ3v) is 5.43. The highest BCUT2D eigenvalue weighted by Crippen LogP contribution is 2.20. The van der Waals surface area contributed by atoms with Gasteiger partial charge in [0.2, 0.25) is 15.7 Å². The molecule has 108 valence electrons. The lowest BCUT2D eigenvalue weighted by Crippen LogP contribution is -2.39. The van der Waals surface area contributed by atoms with Crippen molar-refractivity contribution in [1.29, 1.82) is 0 Å². The van der Waals surface area contributed by atoms with Gasteiger partial charge in [0.25, 0.3) is 0 Å². The maximum atomic E-state index is 11.9. The number of nitrogen functional groups attached to an aromatic ring is 1. The molecule has 0 saturated heterocycles. The molecule has 0 aromatic carbocycles. The number of carbonyl (C=O) groups is 1. The van der Waals surface area contributed by atoms with Crippen LogP contribution in [-0.2, 0) is 14.6 Å². The molecule has 0 atom stereocenters. The molecule has 0 aliphatic rings. The van der Waals surface area contributed by atoms with Crippen LogP contribution in [0, 0.1) is 0 Å². The second-order valence-corrected chi connectivity index (χ2v) is 7.05. The van der Waals surface area contributed by atoms with E-state index in [-0.39, 0.29) is 27.7 Å². The van der Waals surface area contributed by atoms with Gasteiger partial charge in [-0.3, -0.25) is 10.1 Å². The Morgan fingerprint density at radius 1 is 1.47 bits per heavy atom. The van der Waals surface area contributed by atoms with Gasteiger partial charge in [-0.25, -0.2) is 13.4 Å². The molecule has 9 heteroatoms. The first-order chi connectivity index (χ1) is 8.90. The first kappa shape index (κ1) is 15.9. The summed E-state index contributed by atoms with van der Waals surface area (Å²) in [4.78, 5) is 17.0. The second kappa shape index (κ2) is 6.83. The number of nitrogens with zero attached hydrogens (tertiary/aromatic N) is 2. The summed E-state index contributed by atoms with van der Waals surface area (Å²) in [5.74, 6) is -0.425. The molecule has 1 heterocycles. The van der Waals surface area contributed by atoms with Crippen LogP contribution < -0.4 is 11.1 Å². The SMILES string of the molecule is CCN(CC)C(=O)CNCS(=O)(=O)c1cnc(N)s1. The Kier molecular flexibility index (Phi) is 5.70. The highest BCUT2D eigenvalue weighted by Gasteiger charge is 2.18. The van der Waals surface area contributed by atoms with Gasteiger partial charge >= 0.3 is 0 Å². The Labute approximate surface area is 116 Å². The third-order valence-electron chi connectivity index (χ3n) is 2.49. The molecule has 0 bridgehead atoms. The van der Waals surface area contributed by atoms with E-state index in [1.807, 2.05) is 13.8 Å². The van der Waals surface area contributed by atoms with Gasteiger partial charge in [0.1, 0.15) is 10.1 Å². The van der Waals surface area contributed by atoms with Crippen LogP contribution in [0.1, 0.15) is 13.8 Å². The molecule has 1 amide bonds. The topological polar surface area (TPSA) is 105 Å². The molecule has 0 aliphatic heterocycles. The smallest absolute Gasteiger partial charge is 0.236 e. The van der Waals surface area contributed by atoms with E-state index < -0.39 is 9.84 Å². The number of thiazole rings is 1. The quantitative estimate of drug-likeness (QED) is 0.729. The van der Waals surface area contributed by atoms with Gasteiger partial charge in [0, 0.05) is 13.1 Å². The van der Waals surface area contributed by atoms with Gasteiger partial charge in [-0.2, -0.15) is 0 Å². The summed E-state index contributed by atoms with van der Waals surface area (Å²) in [5.41, 5.74) is 5.39. The van der Waals surface area contributed by atoms with Crippen molar-refractivity contribution in [1.82, 2.24) is 15.2 Å². The van der Waals surface area contributed by atoms with Crippen LogP contribution in [0.3, 0.4) is 0 Å². The summed E-state index contributed by atoms with van der Waals surface area (Å²) in [5, 5.41) is 2.85. The minimum atomic E-state index is -3.48. The Morgan fingerprint density at radius 2 is 2.11 bits per heavy atom. The number of carbonyl (C=O) groups excluding carboxylic acids is 1. The van der Waals surface area contributed by atoms with Gasteiger partial charge in [0.05, 0.1) is 12.7 Å². The van der Waals surface area contributed by atoms with Crippen molar-refractivity contribution >= 4 is 32.2 Å². The first-order valence-electron chi connectivity index (χ1n) is 5.83. The van der Waals surface area contributed by atoms with Crippen LogP contribution in [0.5, 0.6) is 0 Å². The van der Waals surface area contributed by atoms with Crippen LogP contribution in [0.15, 0.2) is 10.4 Å². The van der Waals surface area contributed by atoms with Crippen molar-refractivity contribution in [2.45, 2.75) is 18.1 Å². The number of anilines is 1. The highest BCUT2D eigenvalue weighted by atomic mass is 32.2. The Morgan fingerprint density at radius 3 is 2.58 bits per heavy atom. The number of rotatable bonds is 7. The fourth-order valence-corrected chi connectivity index (χ4v) is 3.55. The van der Waals surface area contributed by atoms with Crippen molar-refractivity contribution in [2.24, 2.45) is 0 Å². The molecule has 0 saturated carbocycles. The number of likely N-dealkylation sites (N-methyl/N-ethyl adjacent to an activating group) is 1. The number of sulfone groups is 1. The van der Waals surface area contributed by atoms with E-state index in [1.165, 1.54) is 6.20 Å². The molecule has 1 rings (SSSR count). The summed E-state index contributed by atoms with van der Waals surface area (Å²) >= 11 is 0.912. The number of nitrogens with one attached hydrogen (secondary N) is 1. The van der Waals surface area contributed by atoms with Crippen molar-refractivity contribution in [2.75, 3.05) is 31.2 Å². The number of hydrogen-bond donors (Lipinski definition) is 2. The van der Waals surface area contributed by atoms with Gasteiger partial charge in [-0.05, 0) is 13.8 Å². The van der Waals surface area contributed by atoms with Crippen LogP contribution in [0.2, 0.25) is 0 Å². The van der Waals surface area contributed by atoms with Crippen LogP contribution in [-0.4, -0.2) is 49.7 Å². The molecular formula is C10H18N4O3S2. The summed E-state index contributed by atoms with van der Waals surface area (Å²) < 4.78 is 23.8. The van der Waals surface area contributed by atoms with E-state index in [0.29, 0.717) is 13.1 Å². The average molecular weight is 306 g/mol. The fraction of sp³-hybridized carbons (Fsp3) is 0.600. The molecule has 3 N–H and O–H groups in total. The van der Waals surface area contributed by atoms with E-state index >= 15 is 0 Å². The van der Waals surface area contributed by atoms with Crippen molar-refractivity contribution in [3.63, 3.8) is 0 Å². The van der Waals surface area contributed by atoms with Crippen molar-refractivity contribution in [3.8, 4) is 0 Å². The summed E-state index contributed by atoms with van der Waals surface area (Å²) in [6.07, 6.45) is 1.23. The number of nitrogens with two attached hydrogens (primary N) is 1. The van der Waals surface area contributed by atoms with Crippen LogP contribution in [0.4, 0.5) is 5.13 Å². The molecule has 7 nitrogen and oxygen atoms in total. The first-order valence-corrected chi connectivity index (χ1v) is 8.30. The van der Waals surface area contributed by atoms with Gasteiger partial charge in [-0.15, -0.1) is 0 Å². The zero-order chi connectivity index (χ0) is 14.5. The zero-order valence-corrected chi connectivity index (χ0v) is 12.6. The van der Waals surface area contributed by atoms with E-state index in [2.05, 4.69) is 10.3 Å². The molecule has 0 radical (unpaired) electrons. The van der Waals surface area contributed by atoms with Crippen LogP contribution >= 0.6 is 11.3 Å². The second-order valence-electron chi connectivity index (χ2n) is 3.77. The molecule has 0 aliphatic carbocycles. The molecular weight excluding hydrogens is 288 g/mol. The lowest BCUT2D eigenvalue weighted by atomic mass is 10.4. The largest absolute Gasteiger partial charge is 0.375 e. The normalized spacial score (nSPS) is 11.5. The van der Waals surface area contributed by atoms with Gasteiger partial charge in [0.15, 0.2) is 5.13 Å². The predicted molar refractivity (Wildman–Crippen MR) is 74.5 cm³/mol. The molecule has 0 fully saturated rings. The lowest BCUT2D eigenvalue weighted by molar-refractivity contribution is -0.129. The maximum absolute atomic E-state index is 11.9. The zero-order valence-electron chi connectivity index (χ0n) is 10.9. The predicted octanol–water partition coefficient (Wildman–Crippen LogP) is -0.0855. The third kappa shape index (κ3) is 4.44. The van der Waals surface area contributed by atoms with E-state index in [9.17, 15) is 13.2 Å². The lowest BCUT2D eigenvalue weighted by Gasteiger charge is -2.18. The summed E-state index contributed by atoms with van der Waals surface area (Å²) in [6.45, 7) is 4.95. The Hall–Kier alpha value is -1.19. The van der Waals surface area contributed by atoms with Gasteiger partial charge < -0.3 is 10.6 Å². The monoisotopic (exact) mass is 306 g/mol. The minimum Gasteiger partial charge on any atom is -0.375 e. The van der Waals surface area contributed by atoms with E-state index in [4.69, 9.17) is 5.73 Å². The van der Waals surface area contributed by atoms with Crippen molar-refractivity contribution < 1.29 is 13.2 Å². The number of aromatic nitrogens is 1. The highest BCUT2D eigenvalue weighted by molar-refractivity contribution is 7.93. The molecule has 1 aromatic rings.